The molecule has 0 heterocycles. The first-order chi connectivity index (χ1) is 9.66. The highest BCUT2D eigenvalue weighted by atomic mass is 14.7. The Kier molecular flexibility index (Phi) is 3.80. The molecule has 0 bridgehead atoms. The van der Waals surface area contributed by atoms with Crippen LogP contribution in [0.1, 0.15) is 49.8 Å². The van der Waals surface area contributed by atoms with Crippen LogP contribution in [0.5, 0.6) is 0 Å². The Balaban J connectivity index is 1.98. The van der Waals surface area contributed by atoms with Crippen LogP contribution in [0.15, 0.2) is 36.4 Å². The molecule has 0 amide bonds. The summed E-state index contributed by atoms with van der Waals surface area (Å²) in [6, 6.07) is 13.3. The quantitative estimate of drug-likeness (QED) is 0.816. The molecular formula is C19H25N. The average molecular weight is 267 g/mol. The van der Waals surface area contributed by atoms with Crippen LogP contribution < -0.4 is 5.73 Å². The summed E-state index contributed by atoms with van der Waals surface area (Å²) >= 11 is 0. The number of hydrogen-bond acceptors (Lipinski definition) is 1. The summed E-state index contributed by atoms with van der Waals surface area (Å²) in [5, 5.41) is 2.66. The van der Waals surface area contributed by atoms with Gasteiger partial charge in [-0.15, -0.1) is 0 Å². The molecular weight excluding hydrogens is 242 g/mol. The molecule has 0 aliphatic heterocycles. The normalized spacial score (nSPS) is 24.8. The fourth-order valence-corrected chi connectivity index (χ4v) is 3.73. The topological polar surface area (TPSA) is 26.0 Å². The van der Waals surface area contributed by atoms with Gasteiger partial charge in [-0.3, -0.25) is 0 Å². The second kappa shape index (κ2) is 5.57. The standard InChI is InChI=1S/C19H25N/c1-13-7-10-16(11-8-13)19(20)18-14(2)9-12-15-5-3-4-6-17(15)18/h3-6,9,12-13,16,19H,7-8,10-11,20H2,1-2H3. The summed E-state index contributed by atoms with van der Waals surface area (Å²) in [4.78, 5) is 0. The van der Waals surface area contributed by atoms with Crippen molar-refractivity contribution in [2.24, 2.45) is 17.6 Å². The second-order valence-electron chi connectivity index (χ2n) is 6.56. The monoisotopic (exact) mass is 267 g/mol. The zero-order valence-corrected chi connectivity index (χ0v) is 12.6. The van der Waals surface area contributed by atoms with E-state index in [0.717, 1.165) is 5.92 Å². The van der Waals surface area contributed by atoms with E-state index < -0.39 is 0 Å². The number of aryl methyl sites for hydroxylation is 1. The van der Waals surface area contributed by atoms with E-state index >= 15 is 0 Å². The second-order valence-corrected chi connectivity index (χ2v) is 6.56. The minimum atomic E-state index is 0.189. The van der Waals surface area contributed by atoms with Crippen molar-refractivity contribution in [3.63, 3.8) is 0 Å². The lowest BCUT2D eigenvalue weighted by Crippen LogP contribution is -2.26. The van der Waals surface area contributed by atoms with Gasteiger partial charge in [0.05, 0.1) is 0 Å². The molecule has 0 spiro atoms. The van der Waals surface area contributed by atoms with Crippen molar-refractivity contribution >= 4 is 10.8 Å². The van der Waals surface area contributed by atoms with Gasteiger partial charge in [0, 0.05) is 6.04 Å². The molecule has 1 fully saturated rings. The minimum Gasteiger partial charge on any atom is -0.324 e. The van der Waals surface area contributed by atoms with Gasteiger partial charge < -0.3 is 5.73 Å². The van der Waals surface area contributed by atoms with Crippen LogP contribution in [0.25, 0.3) is 10.8 Å². The van der Waals surface area contributed by atoms with Crippen LogP contribution in [0, 0.1) is 18.8 Å². The Labute approximate surface area is 122 Å². The molecule has 0 saturated heterocycles. The fraction of sp³-hybridized carbons (Fsp3) is 0.474. The molecule has 1 saturated carbocycles. The molecule has 1 aliphatic carbocycles. The summed E-state index contributed by atoms with van der Waals surface area (Å²) in [6.07, 6.45) is 5.24. The first-order valence-electron chi connectivity index (χ1n) is 7.90. The zero-order chi connectivity index (χ0) is 14.1. The van der Waals surface area contributed by atoms with Crippen molar-refractivity contribution in [3.8, 4) is 0 Å². The van der Waals surface area contributed by atoms with Crippen molar-refractivity contribution in [2.75, 3.05) is 0 Å². The minimum absolute atomic E-state index is 0.189. The molecule has 2 aromatic rings. The summed E-state index contributed by atoms with van der Waals surface area (Å²) < 4.78 is 0. The third kappa shape index (κ3) is 2.47. The maximum atomic E-state index is 6.68. The predicted molar refractivity (Wildman–Crippen MR) is 86.7 cm³/mol. The van der Waals surface area contributed by atoms with E-state index in [-0.39, 0.29) is 6.04 Å². The Morgan fingerprint density at radius 2 is 1.70 bits per heavy atom. The first-order valence-corrected chi connectivity index (χ1v) is 7.90. The van der Waals surface area contributed by atoms with Crippen molar-refractivity contribution in [1.82, 2.24) is 0 Å². The molecule has 20 heavy (non-hydrogen) atoms. The van der Waals surface area contributed by atoms with Gasteiger partial charge in [-0.05, 0) is 53.5 Å². The van der Waals surface area contributed by atoms with E-state index in [4.69, 9.17) is 5.73 Å². The molecule has 1 heteroatoms. The average Bonchev–Trinajstić information content (AvgIpc) is 2.47. The van der Waals surface area contributed by atoms with Gasteiger partial charge in [0.2, 0.25) is 0 Å². The molecule has 1 atom stereocenters. The van der Waals surface area contributed by atoms with Gasteiger partial charge in [0.15, 0.2) is 0 Å². The van der Waals surface area contributed by atoms with Crippen molar-refractivity contribution < 1.29 is 0 Å². The summed E-state index contributed by atoms with van der Waals surface area (Å²) in [6.45, 7) is 4.57. The highest BCUT2D eigenvalue weighted by Gasteiger charge is 2.26. The molecule has 3 rings (SSSR count). The third-order valence-electron chi connectivity index (χ3n) is 5.09. The molecule has 1 nitrogen and oxygen atoms in total. The molecule has 1 unspecified atom stereocenters. The van der Waals surface area contributed by atoms with E-state index in [0.29, 0.717) is 5.92 Å². The van der Waals surface area contributed by atoms with Crippen LogP contribution in [0.4, 0.5) is 0 Å². The Bertz CT molecular complexity index is 594. The lowest BCUT2D eigenvalue weighted by Gasteiger charge is -2.32. The van der Waals surface area contributed by atoms with E-state index in [9.17, 15) is 0 Å². The number of nitrogens with two attached hydrogens (primary N) is 1. The van der Waals surface area contributed by atoms with Crippen LogP contribution in [0.3, 0.4) is 0 Å². The Morgan fingerprint density at radius 1 is 1.00 bits per heavy atom. The van der Waals surface area contributed by atoms with Gasteiger partial charge in [-0.2, -0.15) is 0 Å². The van der Waals surface area contributed by atoms with Gasteiger partial charge in [0.1, 0.15) is 0 Å². The summed E-state index contributed by atoms with van der Waals surface area (Å²) in [5.74, 6) is 1.53. The van der Waals surface area contributed by atoms with E-state index in [1.54, 1.807) is 0 Å². The summed E-state index contributed by atoms with van der Waals surface area (Å²) in [7, 11) is 0. The first kappa shape index (κ1) is 13.6. The van der Waals surface area contributed by atoms with E-state index in [1.807, 2.05) is 0 Å². The SMILES string of the molecule is Cc1ccc2ccccc2c1C(N)C1CCC(C)CC1. The highest BCUT2D eigenvalue weighted by Crippen LogP contribution is 2.38. The molecule has 0 radical (unpaired) electrons. The van der Waals surface area contributed by atoms with Crippen molar-refractivity contribution in [3.05, 3.63) is 47.5 Å². The number of rotatable bonds is 2. The van der Waals surface area contributed by atoms with E-state index in [2.05, 4.69) is 50.2 Å². The van der Waals surface area contributed by atoms with Crippen molar-refractivity contribution in [2.45, 2.75) is 45.6 Å². The summed E-state index contributed by atoms with van der Waals surface area (Å²) in [5.41, 5.74) is 9.40. The van der Waals surface area contributed by atoms with Gasteiger partial charge in [-0.25, -0.2) is 0 Å². The third-order valence-corrected chi connectivity index (χ3v) is 5.09. The lowest BCUT2D eigenvalue weighted by atomic mass is 9.76. The molecule has 0 aromatic heterocycles. The maximum Gasteiger partial charge on any atom is 0.0332 e. The van der Waals surface area contributed by atoms with E-state index in [1.165, 1.54) is 47.6 Å². The lowest BCUT2D eigenvalue weighted by molar-refractivity contribution is 0.256. The van der Waals surface area contributed by atoms with Gasteiger partial charge in [0.25, 0.3) is 0 Å². The van der Waals surface area contributed by atoms with Gasteiger partial charge in [-0.1, -0.05) is 56.2 Å². The van der Waals surface area contributed by atoms with Crippen LogP contribution >= 0.6 is 0 Å². The number of hydrogen-bond donors (Lipinski definition) is 1. The largest absolute Gasteiger partial charge is 0.324 e. The fourth-order valence-electron chi connectivity index (χ4n) is 3.73. The van der Waals surface area contributed by atoms with Gasteiger partial charge >= 0.3 is 0 Å². The predicted octanol–water partition coefficient (Wildman–Crippen LogP) is 4.97. The zero-order valence-electron chi connectivity index (χ0n) is 12.6. The molecule has 1 aliphatic rings. The van der Waals surface area contributed by atoms with Crippen LogP contribution in [0.2, 0.25) is 0 Å². The maximum absolute atomic E-state index is 6.68. The number of benzene rings is 2. The molecule has 2 N–H and O–H groups in total. The van der Waals surface area contributed by atoms with Crippen LogP contribution in [-0.2, 0) is 0 Å². The van der Waals surface area contributed by atoms with Crippen molar-refractivity contribution in [1.29, 1.82) is 0 Å². The highest BCUT2D eigenvalue weighted by molar-refractivity contribution is 5.87. The Morgan fingerprint density at radius 3 is 2.45 bits per heavy atom. The Hall–Kier alpha value is -1.34. The smallest absolute Gasteiger partial charge is 0.0332 e. The van der Waals surface area contributed by atoms with Crippen LogP contribution in [-0.4, -0.2) is 0 Å². The molecule has 106 valence electrons. The molecule has 2 aromatic carbocycles. The number of fused-ring (bicyclic) bond motifs is 1.